The lowest BCUT2D eigenvalue weighted by Crippen LogP contribution is -2.36. The van der Waals surface area contributed by atoms with E-state index >= 15 is 0 Å². The van der Waals surface area contributed by atoms with Crippen molar-refractivity contribution in [1.82, 2.24) is 14.9 Å². The van der Waals surface area contributed by atoms with E-state index in [2.05, 4.69) is 10.6 Å². The van der Waals surface area contributed by atoms with Crippen molar-refractivity contribution in [3.8, 4) is 0 Å². The monoisotopic (exact) mass is 365 g/mol. The molecule has 0 radical (unpaired) electrons. The smallest absolute Gasteiger partial charge is 0.251 e. The van der Waals surface area contributed by atoms with Gasteiger partial charge in [-0.1, -0.05) is 12.1 Å². The maximum atomic E-state index is 12.2. The van der Waals surface area contributed by atoms with Gasteiger partial charge in [-0.15, -0.1) is 0 Å². The lowest BCUT2D eigenvalue weighted by Gasteiger charge is -2.23. The molecule has 7 heteroatoms. The molecule has 25 heavy (non-hydrogen) atoms. The highest BCUT2D eigenvalue weighted by Crippen LogP contribution is 2.23. The van der Waals surface area contributed by atoms with Gasteiger partial charge in [-0.2, -0.15) is 0 Å². The minimum Gasteiger partial charge on any atom is -0.351 e. The number of nitrogens with zero attached hydrogens (tertiary/aromatic N) is 1. The van der Waals surface area contributed by atoms with Crippen molar-refractivity contribution in [3.63, 3.8) is 0 Å². The number of sulfonamides is 1. The van der Waals surface area contributed by atoms with Crippen LogP contribution >= 0.6 is 0 Å². The van der Waals surface area contributed by atoms with Crippen molar-refractivity contribution in [1.29, 1.82) is 0 Å². The maximum Gasteiger partial charge on any atom is 0.251 e. The minimum atomic E-state index is -3.25. The van der Waals surface area contributed by atoms with Crippen LogP contribution in [0.1, 0.15) is 47.5 Å². The highest BCUT2D eigenvalue weighted by atomic mass is 32.2. The predicted molar refractivity (Wildman–Crippen MR) is 98.2 cm³/mol. The number of carbonyl (C=O) groups is 1. The van der Waals surface area contributed by atoms with Crippen LogP contribution in [0, 0.1) is 0 Å². The molecule has 2 saturated heterocycles. The van der Waals surface area contributed by atoms with Gasteiger partial charge in [-0.25, -0.2) is 12.7 Å². The summed E-state index contributed by atoms with van der Waals surface area (Å²) in [6, 6.07) is 7.67. The van der Waals surface area contributed by atoms with Crippen molar-refractivity contribution in [3.05, 3.63) is 35.4 Å². The Hall–Kier alpha value is -1.44. The van der Waals surface area contributed by atoms with Crippen molar-refractivity contribution < 1.29 is 13.2 Å². The number of nitrogens with one attached hydrogen (secondary N) is 2. The number of carbonyl (C=O) groups excluding carboxylic acids is 1. The van der Waals surface area contributed by atoms with E-state index in [-0.39, 0.29) is 18.2 Å². The van der Waals surface area contributed by atoms with Gasteiger partial charge < -0.3 is 10.6 Å². The van der Waals surface area contributed by atoms with Crippen LogP contribution in [-0.2, 0) is 10.0 Å². The Morgan fingerprint density at radius 3 is 2.52 bits per heavy atom. The Kier molecular flexibility index (Phi) is 6.09. The molecule has 1 atom stereocenters. The average molecular weight is 365 g/mol. The molecule has 0 unspecified atom stereocenters. The first kappa shape index (κ1) is 18.4. The Bertz CT molecular complexity index is 676. The molecular formula is C18H27N3O3S. The van der Waals surface area contributed by atoms with Gasteiger partial charge in [-0.3, -0.25) is 4.79 Å². The molecule has 2 aliphatic heterocycles. The van der Waals surface area contributed by atoms with Crippen LogP contribution in [0.25, 0.3) is 0 Å². The van der Waals surface area contributed by atoms with Crippen LogP contribution in [0.4, 0.5) is 0 Å². The van der Waals surface area contributed by atoms with E-state index in [0.29, 0.717) is 24.6 Å². The quantitative estimate of drug-likeness (QED) is 0.797. The molecule has 1 aromatic carbocycles. The summed E-state index contributed by atoms with van der Waals surface area (Å²) in [5.74, 6) is 0.256. The lowest BCUT2D eigenvalue weighted by atomic mass is 9.91. The van der Waals surface area contributed by atoms with Gasteiger partial charge in [0.2, 0.25) is 10.0 Å². The normalized spacial score (nSPS) is 22.0. The third-order valence-corrected chi connectivity index (χ3v) is 6.92. The van der Waals surface area contributed by atoms with Gasteiger partial charge in [0.15, 0.2) is 0 Å². The molecule has 1 amide bonds. The minimum absolute atomic E-state index is 0.0371. The zero-order valence-electron chi connectivity index (χ0n) is 14.5. The number of hydrogen-bond donors (Lipinski definition) is 2. The number of hydrogen-bond acceptors (Lipinski definition) is 4. The molecule has 1 aromatic rings. The fraction of sp³-hybridized carbons (Fsp3) is 0.611. The second-order valence-corrected chi connectivity index (χ2v) is 8.93. The summed E-state index contributed by atoms with van der Waals surface area (Å²) >= 11 is 0. The summed E-state index contributed by atoms with van der Waals surface area (Å²) < 4.78 is 25.8. The summed E-state index contributed by atoms with van der Waals surface area (Å²) in [5.41, 5.74) is 1.83. The topological polar surface area (TPSA) is 78.5 Å². The van der Waals surface area contributed by atoms with Crippen molar-refractivity contribution in [2.24, 2.45) is 0 Å². The van der Waals surface area contributed by atoms with E-state index in [1.165, 1.54) is 22.7 Å². The lowest BCUT2D eigenvalue weighted by molar-refractivity contribution is 0.0956. The van der Waals surface area contributed by atoms with E-state index in [1.807, 2.05) is 24.3 Å². The largest absolute Gasteiger partial charge is 0.351 e. The van der Waals surface area contributed by atoms with E-state index in [4.69, 9.17) is 0 Å². The highest BCUT2D eigenvalue weighted by molar-refractivity contribution is 7.89. The summed E-state index contributed by atoms with van der Waals surface area (Å²) in [5, 5.41) is 6.12. The molecule has 0 saturated carbocycles. The standard InChI is InChI=1S/C18H27N3O3S/c22-18(20-10-13-25(23,24)21-11-1-2-12-21)16-7-5-15(6-8-16)17-4-3-9-19-14-17/h5-8,17,19H,1-4,9-14H2,(H,20,22)/t17-/m1/s1. The Morgan fingerprint density at radius 2 is 1.88 bits per heavy atom. The number of amides is 1. The van der Waals surface area contributed by atoms with E-state index in [9.17, 15) is 13.2 Å². The summed E-state index contributed by atoms with van der Waals surface area (Å²) in [7, 11) is -3.25. The summed E-state index contributed by atoms with van der Waals surface area (Å²) in [6.45, 7) is 3.42. The van der Waals surface area contributed by atoms with Crippen LogP contribution in [0.15, 0.2) is 24.3 Å². The molecule has 2 N–H and O–H groups in total. The van der Waals surface area contributed by atoms with Gasteiger partial charge >= 0.3 is 0 Å². The van der Waals surface area contributed by atoms with Gasteiger partial charge in [0.25, 0.3) is 5.91 Å². The average Bonchev–Trinajstić information content (AvgIpc) is 3.18. The van der Waals surface area contributed by atoms with Crippen LogP contribution in [0.3, 0.4) is 0 Å². The van der Waals surface area contributed by atoms with Crippen molar-refractivity contribution in [2.75, 3.05) is 38.5 Å². The zero-order valence-corrected chi connectivity index (χ0v) is 15.4. The second-order valence-electron chi connectivity index (χ2n) is 6.84. The van der Waals surface area contributed by atoms with Crippen molar-refractivity contribution in [2.45, 2.75) is 31.6 Å². The molecular weight excluding hydrogens is 338 g/mol. The predicted octanol–water partition coefficient (Wildman–Crippen LogP) is 1.31. The van der Waals surface area contributed by atoms with Crippen LogP contribution in [0.5, 0.6) is 0 Å². The molecule has 3 rings (SSSR count). The third-order valence-electron chi connectivity index (χ3n) is 5.05. The Balaban J connectivity index is 1.49. The molecule has 0 aliphatic carbocycles. The van der Waals surface area contributed by atoms with E-state index in [1.54, 1.807) is 0 Å². The summed E-state index contributed by atoms with van der Waals surface area (Å²) in [4.78, 5) is 12.2. The summed E-state index contributed by atoms with van der Waals surface area (Å²) in [6.07, 6.45) is 4.20. The van der Waals surface area contributed by atoms with Crippen molar-refractivity contribution >= 4 is 15.9 Å². The second kappa shape index (κ2) is 8.29. The fourth-order valence-electron chi connectivity index (χ4n) is 3.53. The highest BCUT2D eigenvalue weighted by Gasteiger charge is 2.25. The van der Waals surface area contributed by atoms with E-state index in [0.717, 1.165) is 25.9 Å². The van der Waals surface area contributed by atoms with Gasteiger partial charge in [0, 0.05) is 31.7 Å². The Morgan fingerprint density at radius 1 is 1.16 bits per heavy atom. The number of rotatable bonds is 6. The molecule has 6 nitrogen and oxygen atoms in total. The van der Waals surface area contributed by atoms with Crippen LogP contribution in [-0.4, -0.2) is 57.1 Å². The molecule has 2 fully saturated rings. The fourth-order valence-corrected chi connectivity index (χ4v) is 4.97. The van der Waals surface area contributed by atoms with Gasteiger partial charge in [0.05, 0.1) is 5.75 Å². The molecule has 2 aliphatic rings. The van der Waals surface area contributed by atoms with Gasteiger partial charge in [-0.05, 0) is 55.8 Å². The van der Waals surface area contributed by atoms with Crippen LogP contribution < -0.4 is 10.6 Å². The van der Waals surface area contributed by atoms with E-state index < -0.39 is 10.0 Å². The number of piperidine rings is 1. The Labute approximate surface area is 150 Å². The molecule has 2 heterocycles. The SMILES string of the molecule is O=C(NCCS(=O)(=O)N1CCCC1)c1ccc([C@@H]2CCCNC2)cc1. The molecule has 0 spiro atoms. The number of benzene rings is 1. The van der Waals surface area contributed by atoms with Gasteiger partial charge in [0.1, 0.15) is 0 Å². The first-order valence-electron chi connectivity index (χ1n) is 9.13. The van der Waals surface area contributed by atoms with Crippen LogP contribution in [0.2, 0.25) is 0 Å². The molecule has 138 valence electrons. The first-order valence-corrected chi connectivity index (χ1v) is 10.7. The molecule has 0 aromatic heterocycles. The third kappa shape index (κ3) is 4.80. The zero-order chi connectivity index (χ0) is 17.7. The molecule has 0 bridgehead atoms. The first-order chi connectivity index (χ1) is 12.1. The maximum absolute atomic E-state index is 12.2.